The third-order valence-electron chi connectivity index (χ3n) is 4.58. The Morgan fingerprint density at radius 3 is 2.53 bits per heavy atom. The summed E-state index contributed by atoms with van der Waals surface area (Å²) in [7, 11) is 2.22. The van der Waals surface area contributed by atoms with Gasteiger partial charge in [0.1, 0.15) is 0 Å². The van der Waals surface area contributed by atoms with E-state index < -0.39 is 0 Å². The van der Waals surface area contributed by atoms with Gasteiger partial charge in [0.25, 0.3) is 0 Å². The van der Waals surface area contributed by atoms with Crippen molar-refractivity contribution >= 4 is 21.6 Å². The Hall–Kier alpha value is -0.540. The normalized spacial score (nSPS) is 23.4. The molecule has 106 valence electrons. The molecule has 2 N–H and O–H groups in total. The largest absolute Gasteiger partial charge is 0.371 e. The molecule has 1 aromatic carbocycles. The van der Waals surface area contributed by atoms with E-state index in [-0.39, 0.29) is 0 Å². The highest BCUT2D eigenvalue weighted by molar-refractivity contribution is 9.10. The van der Waals surface area contributed by atoms with Gasteiger partial charge >= 0.3 is 0 Å². The Bertz CT molecular complexity index is 411. The van der Waals surface area contributed by atoms with Gasteiger partial charge < -0.3 is 10.6 Å². The Morgan fingerprint density at radius 2 is 1.95 bits per heavy atom. The molecule has 1 aliphatic carbocycles. The molecule has 0 radical (unpaired) electrons. The van der Waals surface area contributed by atoms with Crippen LogP contribution in [0.4, 0.5) is 5.69 Å². The van der Waals surface area contributed by atoms with Crippen LogP contribution in [0.1, 0.15) is 44.6 Å². The Balaban J connectivity index is 2.09. The van der Waals surface area contributed by atoms with E-state index in [0.29, 0.717) is 12.6 Å². The first-order valence-electron chi connectivity index (χ1n) is 7.37. The van der Waals surface area contributed by atoms with Crippen LogP contribution in [0.25, 0.3) is 0 Å². The number of halogens is 1. The van der Waals surface area contributed by atoms with Crippen molar-refractivity contribution in [2.45, 2.75) is 51.6 Å². The Labute approximate surface area is 125 Å². The van der Waals surface area contributed by atoms with Crippen molar-refractivity contribution < 1.29 is 0 Å². The van der Waals surface area contributed by atoms with Crippen molar-refractivity contribution in [2.24, 2.45) is 11.7 Å². The van der Waals surface area contributed by atoms with Gasteiger partial charge in [0, 0.05) is 29.8 Å². The lowest BCUT2D eigenvalue weighted by molar-refractivity contribution is 0.313. The first-order valence-corrected chi connectivity index (χ1v) is 8.16. The number of nitrogens with zero attached hydrogens (tertiary/aromatic N) is 1. The van der Waals surface area contributed by atoms with Crippen LogP contribution in [0.5, 0.6) is 0 Å². The summed E-state index contributed by atoms with van der Waals surface area (Å²) >= 11 is 3.53. The number of benzene rings is 1. The quantitative estimate of drug-likeness (QED) is 0.894. The van der Waals surface area contributed by atoms with Crippen LogP contribution in [0.15, 0.2) is 22.7 Å². The smallest absolute Gasteiger partial charge is 0.0412 e. The summed E-state index contributed by atoms with van der Waals surface area (Å²) in [5.74, 6) is 0.948. The van der Waals surface area contributed by atoms with E-state index in [1.54, 1.807) is 0 Å². The van der Waals surface area contributed by atoms with Crippen LogP contribution in [0, 0.1) is 5.92 Å². The van der Waals surface area contributed by atoms with Gasteiger partial charge in [0.05, 0.1) is 0 Å². The topological polar surface area (TPSA) is 29.3 Å². The molecule has 0 bridgehead atoms. The van der Waals surface area contributed by atoms with Crippen molar-refractivity contribution in [3.8, 4) is 0 Å². The molecule has 0 unspecified atom stereocenters. The van der Waals surface area contributed by atoms with Crippen LogP contribution in [0.3, 0.4) is 0 Å². The summed E-state index contributed by atoms with van der Waals surface area (Å²) in [6.45, 7) is 2.92. The molecule has 1 aromatic rings. The minimum absolute atomic E-state index is 0.601. The van der Waals surface area contributed by atoms with Gasteiger partial charge in [-0.25, -0.2) is 0 Å². The zero-order valence-electron chi connectivity index (χ0n) is 12.0. The molecule has 2 rings (SSSR count). The fourth-order valence-corrected chi connectivity index (χ4v) is 3.61. The summed E-state index contributed by atoms with van der Waals surface area (Å²) in [6, 6.07) is 7.12. The van der Waals surface area contributed by atoms with Crippen molar-refractivity contribution in [2.75, 3.05) is 11.9 Å². The standard InChI is InChI=1S/C16H25BrN2/c1-3-12-4-7-15(8-5-12)19(2)16-9-6-14(17)10-13(16)11-18/h6,9-10,12,15H,3-5,7-8,11,18H2,1-2H3. The lowest BCUT2D eigenvalue weighted by Crippen LogP contribution is -2.35. The van der Waals surface area contributed by atoms with Gasteiger partial charge in [-0.3, -0.25) is 0 Å². The molecule has 1 fully saturated rings. The van der Waals surface area contributed by atoms with E-state index in [9.17, 15) is 0 Å². The van der Waals surface area contributed by atoms with Crippen molar-refractivity contribution in [3.63, 3.8) is 0 Å². The first kappa shape index (κ1) is 14.9. The third-order valence-corrected chi connectivity index (χ3v) is 5.08. The minimum atomic E-state index is 0.601. The second-order valence-electron chi connectivity index (χ2n) is 5.67. The first-order chi connectivity index (χ1) is 9.15. The SMILES string of the molecule is CCC1CCC(N(C)c2ccc(Br)cc2CN)CC1. The van der Waals surface area contributed by atoms with E-state index >= 15 is 0 Å². The number of anilines is 1. The highest BCUT2D eigenvalue weighted by Gasteiger charge is 2.24. The zero-order chi connectivity index (χ0) is 13.8. The molecule has 0 aromatic heterocycles. The molecule has 0 spiro atoms. The van der Waals surface area contributed by atoms with Crippen LogP contribution in [0.2, 0.25) is 0 Å². The van der Waals surface area contributed by atoms with Crippen LogP contribution in [-0.4, -0.2) is 13.1 Å². The van der Waals surface area contributed by atoms with Gasteiger partial charge in [0.2, 0.25) is 0 Å². The van der Waals surface area contributed by atoms with Crippen LogP contribution >= 0.6 is 15.9 Å². The minimum Gasteiger partial charge on any atom is -0.371 e. The highest BCUT2D eigenvalue weighted by atomic mass is 79.9. The lowest BCUT2D eigenvalue weighted by Gasteiger charge is -2.36. The van der Waals surface area contributed by atoms with E-state index in [1.165, 1.54) is 43.4 Å². The molecular formula is C16H25BrN2. The predicted molar refractivity (Wildman–Crippen MR) is 86.5 cm³/mol. The van der Waals surface area contributed by atoms with E-state index in [0.717, 1.165) is 10.4 Å². The monoisotopic (exact) mass is 324 g/mol. The van der Waals surface area contributed by atoms with E-state index in [2.05, 4.69) is 53.0 Å². The number of nitrogens with two attached hydrogens (primary N) is 1. The number of hydrogen-bond donors (Lipinski definition) is 1. The van der Waals surface area contributed by atoms with Crippen molar-refractivity contribution in [1.29, 1.82) is 0 Å². The van der Waals surface area contributed by atoms with Gasteiger partial charge in [-0.05, 0) is 55.4 Å². The lowest BCUT2D eigenvalue weighted by atomic mass is 9.84. The molecule has 0 saturated heterocycles. The molecule has 0 atom stereocenters. The average Bonchev–Trinajstić information content (AvgIpc) is 2.46. The average molecular weight is 325 g/mol. The number of rotatable bonds is 4. The van der Waals surface area contributed by atoms with E-state index in [4.69, 9.17) is 5.73 Å². The second kappa shape index (κ2) is 6.76. The molecule has 3 heteroatoms. The highest BCUT2D eigenvalue weighted by Crippen LogP contribution is 2.33. The fourth-order valence-electron chi connectivity index (χ4n) is 3.20. The fraction of sp³-hybridized carbons (Fsp3) is 0.625. The third kappa shape index (κ3) is 3.51. The van der Waals surface area contributed by atoms with Crippen LogP contribution < -0.4 is 10.6 Å². The Morgan fingerprint density at radius 1 is 1.26 bits per heavy atom. The molecule has 2 nitrogen and oxygen atoms in total. The van der Waals surface area contributed by atoms with Crippen molar-refractivity contribution in [3.05, 3.63) is 28.2 Å². The zero-order valence-corrected chi connectivity index (χ0v) is 13.6. The Kier molecular flexibility index (Phi) is 5.28. The van der Waals surface area contributed by atoms with Crippen LogP contribution in [-0.2, 0) is 6.54 Å². The van der Waals surface area contributed by atoms with Gasteiger partial charge in [-0.15, -0.1) is 0 Å². The molecule has 0 aliphatic heterocycles. The summed E-state index contributed by atoms with van der Waals surface area (Å²) in [5, 5.41) is 0. The van der Waals surface area contributed by atoms with Gasteiger partial charge in [-0.1, -0.05) is 29.3 Å². The summed E-state index contributed by atoms with van der Waals surface area (Å²) < 4.78 is 1.11. The predicted octanol–water partition coefficient (Wildman–Crippen LogP) is 4.31. The summed E-state index contributed by atoms with van der Waals surface area (Å²) in [6.07, 6.45) is 6.72. The number of hydrogen-bond acceptors (Lipinski definition) is 2. The van der Waals surface area contributed by atoms with E-state index in [1.807, 2.05) is 0 Å². The maximum absolute atomic E-state index is 5.88. The van der Waals surface area contributed by atoms with Crippen molar-refractivity contribution in [1.82, 2.24) is 0 Å². The molecule has 1 saturated carbocycles. The molecule has 19 heavy (non-hydrogen) atoms. The molecule has 1 aliphatic rings. The molecular weight excluding hydrogens is 300 g/mol. The summed E-state index contributed by atoms with van der Waals surface area (Å²) in [5.41, 5.74) is 8.41. The van der Waals surface area contributed by atoms with Gasteiger partial charge in [0.15, 0.2) is 0 Å². The maximum atomic E-state index is 5.88. The molecule has 0 amide bonds. The molecule has 0 heterocycles. The maximum Gasteiger partial charge on any atom is 0.0412 e. The second-order valence-corrected chi connectivity index (χ2v) is 6.59. The van der Waals surface area contributed by atoms with Gasteiger partial charge in [-0.2, -0.15) is 0 Å². The summed E-state index contributed by atoms with van der Waals surface area (Å²) in [4.78, 5) is 2.44.